The molecule has 3 rings (SSSR count). The lowest BCUT2D eigenvalue weighted by molar-refractivity contribution is 0.286. The predicted molar refractivity (Wildman–Crippen MR) is 62.5 cm³/mol. The van der Waals surface area contributed by atoms with E-state index in [9.17, 15) is 0 Å². The van der Waals surface area contributed by atoms with Crippen molar-refractivity contribution in [1.82, 2.24) is 4.90 Å². The van der Waals surface area contributed by atoms with Crippen LogP contribution in [0.1, 0.15) is 5.56 Å². The topological polar surface area (TPSA) is 35.8 Å². The number of hydrogen-bond acceptors (Lipinski definition) is 3. The van der Waals surface area contributed by atoms with E-state index in [2.05, 4.69) is 40.4 Å². The first kappa shape index (κ1) is 9.85. The zero-order valence-electron chi connectivity index (χ0n) is 9.16. The molecular formula is C13H16N2O. The molecule has 0 amide bonds. The summed E-state index contributed by atoms with van der Waals surface area (Å²) in [6, 6.07) is 10.6. The molecule has 1 aliphatic heterocycles. The van der Waals surface area contributed by atoms with E-state index in [0.717, 1.165) is 31.5 Å². The van der Waals surface area contributed by atoms with E-state index in [-0.39, 0.29) is 0 Å². The van der Waals surface area contributed by atoms with Crippen LogP contribution >= 0.6 is 0 Å². The van der Waals surface area contributed by atoms with E-state index in [1.807, 2.05) is 0 Å². The van der Waals surface area contributed by atoms with Crippen molar-refractivity contribution in [3.8, 4) is 0 Å². The quantitative estimate of drug-likeness (QED) is 0.475. The van der Waals surface area contributed by atoms with Crippen molar-refractivity contribution in [2.45, 2.75) is 6.54 Å². The second-order valence-corrected chi connectivity index (χ2v) is 4.85. The zero-order chi connectivity index (χ0) is 11.0. The lowest BCUT2D eigenvalue weighted by Gasteiger charge is -2.18. The highest BCUT2D eigenvalue weighted by molar-refractivity contribution is 5.65. The molecule has 2 unspecified atom stereocenters. The third-order valence-corrected chi connectivity index (χ3v) is 3.82. The molecule has 1 saturated carbocycles. The van der Waals surface area contributed by atoms with Gasteiger partial charge in [0.2, 0.25) is 0 Å². The monoisotopic (exact) mass is 216 g/mol. The Hall–Kier alpha value is -1.35. The number of rotatable bonds is 3. The normalized spacial score (nSPS) is 33.1. The maximum Gasteiger partial charge on any atom is 0.0473 e. The van der Waals surface area contributed by atoms with Gasteiger partial charge in [0.25, 0.3) is 0 Å². The Labute approximate surface area is 95.4 Å². The van der Waals surface area contributed by atoms with Crippen molar-refractivity contribution >= 4 is 6.21 Å². The van der Waals surface area contributed by atoms with Gasteiger partial charge in [-0.15, -0.1) is 5.16 Å². The van der Waals surface area contributed by atoms with Crippen LogP contribution in [0.5, 0.6) is 0 Å². The van der Waals surface area contributed by atoms with E-state index in [0.29, 0.717) is 5.92 Å². The maximum atomic E-state index is 8.49. The smallest absolute Gasteiger partial charge is 0.0473 e. The summed E-state index contributed by atoms with van der Waals surface area (Å²) >= 11 is 0. The SMILES string of the molecule is O/N=C/C1C2CN(Cc3ccccc3)CC12. The molecule has 1 heterocycles. The van der Waals surface area contributed by atoms with Crippen LogP contribution in [0.2, 0.25) is 0 Å². The van der Waals surface area contributed by atoms with E-state index in [1.54, 1.807) is 6.21 Å². The van der Waals surface area contributed by atoms with Gasteiger partial charge in [-0.25, -0.2) is 0 Å². The van der Waals surface area contributed by atoms with Gasteiger partial charge in [0.05, 0.1) is 0 Å². The molecule has 0 radical (unpaired) electrons. The number of nitrogens with zero attached hydrogens (tertiary/aromatic N) is 2. The molecule has 2 aliphatic rings. The average molecular weight is 216 g/mol. The van der Waals surface area contributed by atoms with Gasteiger partial charge < -0.3 is 5.21 Å². The number of likely N-dealkylation sites (tertiary alicyclic amines) is 1. The number of piperidine rings is 1. The number of benzene rings is 1. The summed E-state index contributed by atoms with van der Waals surface area (Å²) in [7, 11) is 0. The summed E-state index contributed by atoms with van der Waals surface area (Å²) in [4.78, 5) is 2.49. The summed E-state index contributed by atoms with van der Waals surface area (Å²) in [5.41, 5.74) is 1.39. The zero-order valence-corrected chi connectivity index (χ0v) is 9.16. The molecule has 3 heteroatoms. The minimum absolute atomic E-state index is 0.539. The van der Waals surface area contributed by atoms with Crippen LogP contribution in [0.3, 0.4) is 0 Å². The molecule has 2 atom stereocenters. The third kappa shape index (κ3) is 1.71. The summed E-state index contributed by atoms with van der Waals surface area (Å²) in [5.74, 6) is 2.01. The Morgan fingerprint density at radius 2 is 1.94 bits per heavy atom. The van der Waals surface area contributed by atoms with E-state index in [1.165, 1.54) is 5.56 Å². The Morgan fingerprint density at radius 1 is 1.25 bits per heavy atom. The summed E-state index contributed by atoms with van der Waals surface area (Å²) in [6.07, 6.45) is 1.70. The first-order valence-corrected chi connectivity index (χ1v) is 5.82. The first-order valence-electron chi connectivity index (χ1n) is 5.82. The van der Waals surface area contributed by atoms with Crippen LogP contribution in [0.4, 0.5) is 0 Å². The van der Waals surface area contributed by atoms with Gasteiger partial charge >= 0.3 is 0 Å². The maximum absolute atomic E-state index is 8.49. The van der Waals surface area contributed by atoms with Crippen LogP contribution in [0.15, 0.2) is 35.5 Å². The molecule has 2 fully saturated rings. The van der Waals surface area contributed by atoms with Crippen LogP contribution < -0.4 is 0 Å². The standard InChI is InChI=1S/C13H16N2O/c16-14-6-11-12-8-15(9-13(11)12)7-10-4-2-1-3-5-10/h1-6,11-13,16H,7-9H2/b14-6+. The molecule has 1 aromatic carbocycles. The number of fused-ring (bicyclic) bond motifs is 1. The molecule has 1 N–H and O–H groups in total. The fourth-order valence-corrected chi connectivity index (χ4v) is 2.93. The molecule has 16 heavy (non-hydrogen) atoms. The first-order chi connectivity index (χ1) is 7.88. The molecule has 0 spiro atoms. The molecule has 3 nitrogen and oxygen atoms in total. The van der Waals surface area contributed by atoms with Crippen molar-refractivity contribution in [2.24, 2.45) is 22.9 Å². The van der Waals surface area contributed by atoms with Gasteiger partial charge in [0, 0.05) is 31.8 Å². The summed E-state index contributed by atoms with van der Waals surface area (Å²) in [6.45, 7) is 3.35. The van der Waals surface area contributed by atoms with E-state index < -0.39 is 0 Å². The highest BCUT2D eigenvalue weighted by atomic mass is 16.4. The average Bonchev–Trinajstić information content (AvgIpc) is 2.76. The summed E-state index contributed by atoms with van der Waals surface area (Å²) in [5, 5.41) is 11.6. The molecule has 1 aromatic rings. The van der Waals surface area contributed by atoms with Gasteiger partial charge in [-0.3, -0.25) is 4.90 Å². The Balaban J connectivity index is 1.55. The van der Waals surface area contributed by atoms with Crippen molar-refractivity contribution in [1.29, 1.82) is 0 Å². The fourth-order valence-electron chi connectivity index (χ4n) is 2.93. The van der Waals surface area contributed by atoms with Crippen molar-refractivity contribution < 1.29 is 5.21 Å². The van der Waals surface area contributed by atoms with Crippen LogP contribution in [0, 0.1) is 17.8 Å². The van der Waals surface area contributed by atoms with E-state index in [4.69, 9.17) is 5.21 Å². The lowest BCUT2D eigenvalue weighted by Crippen LogP contribution is -2.24. The van der Waals surface area contributed by atoms with Crippen LogP contribution in [-0.4, -0.2) is 29.4 Å². The molecular weight excluding hydrogens is 200 g/mol. The van der Waals surface area contributed by atoms with Gasteiger partial charge in [-0.1, -0.05) is 30.3 Å². The minimum Gasteiger partial charge on any atom is -0.411 e. The Kier molecular flexibility index (Phi) is 2.40. The predicted octanol–water partition coefficient (Wildman–Crippen LogP) is 1.82. The molecule has 84 valence electrons. The molecule has 1 aliphatic carbocycles. The number of hydrogen-bond donors (Lipinski definition) is 1. The van der Waals surface area contributed by atoms with E-state index >= 15 is 0 Å². The van der Waals surface area contributed by atoms with Crippen molar-refractivity contribution in [3.05, 3.63) is 35.9 Å². The van der Waals surface area contributed by atoms with Gasteiger partial charge in [-0.2, -0.15) is 0 Å². The van der Waals surface area contributed by atoms with Crippen molar-refractivity contribution in [3.63, 3.8) is 0 Å². The third-order valence-electron chi connectivity index (χ3n) is 3.82. The highest BCUT2D eigenvalue weighted by Crippen LogP contribution is 2.50. The fraction of sp³-hybridized carbons (Fsp3) is 0.462. The molecule has 0 aromatic heterocycles. The van der Waals surface area contributed by atoms with Crippen molar-refractivity contribution in [2.75, 3.05) is 13.1 Å². The Bertz CT molecular complexity index is 378. The highest BCUT2D eigenvalue weighted by Gasteiger charge is 2.54. The lowest BCUT2D eigenvalue weighted by atomic mass is 10.2. The molecule has 0 bridgehead atoms. The second kappa shape index (κ2) is 3.91. The minimum atomic E-state index is 0.539. The number of oxime groups is 1. The second-order valence-electron chi connectivity index (χ2n) is 4.85. The van der Waals surface area contributed by atoms with Gasteiger partial charge in [0.1, 0.15) is 0 Å². The molecule has 1 saturated heterocycles. The van der Waals surface area contributed by atoms with Crippen LogP contribution in [0.25, 0.3) is 0 Å². The van der Waals surface area contributed by atoms with Gasteiger partial charge in [-0.05, 0) is 17.4 Å². The van der Waals surface area contributed by atoms with Gasteiger partial charge in [0.15, 0.2) is 0 Å². The largest absolute Gasteiger partial charge is 0.411 e. The summed E-state index contributed by atoms with van der Waals surface area (Å²) < 4.78 is 0. The Morgan fingerprint density at radius 3 is 2.56 bits per heavy atom. The van der Waals surface area contributed by atoms with Crippen LogP contribution in [-0.2, 0) is 6.54 Å².